The van der Waals surface area contributed by atoms with Crippen LogP contribution >= 0.6 is 0 Å². The highest BCUT2D eigenvalue weighted by Crippen LogP contribution is 2.24. The molecule has 1 heterocycles. The molecule has 1 aromatic heterocycles. The van der Waals surface area contributed by atoms with Crippen LogP contribution in [0.5, 0.6) is 0 Å². The third-order valence-corrected chi connectivity index (χ3v) is 4.64. The van der Waals surface area contributed by atoms with Crippen molar-refractivity contribution in [2.75, 3.05) is 11.9 Å². The highest BCUT2D eigenvalue weighted by atomic mass is 16.5. The summed E-state index contributed by atoms with van der Waals surface area (Å²) in [5.74, 6) is -0.829. The summed E-state index contributed by atoms with van der Waals surface area (Å²) in [4.78, 5) is 31.4. The van der Waals surface area contributed by atoms with Crippen molar-refractivity contribution >= 4 is 28.5 Å². The van der Waals surface area contributed by atoms with E-state index >= 15 is 0 Å². The van der Waals surface area contributed by atoms with Crippen molar-refractivity contribution in [3.63, 3.8) is 0 Å². The van der Waals surface area contributed by atoms with Crippen molar-refractivity contribution in [1.29, 1.82) is 0 Å². The second-order valence-corrected chi connectivity index (χ2v) is 6.49. The zero-order valence-corrected chi connectivity index (χ0v) is 15.9. The number of esters is 1. The number of amides is 1. The maximum atomic E-state index is 12.8. The molecule has 0 radical (unpaired) electrons. The third kappa shape index (κ3) is 3.67. The van der Waals surface area contributed by atoms with Gasteiger partial charge in [-0.2, -0.15) is 0 Å². The molecule has 0 aliphatic rings. The van der Waals surface area contributed by atoms with E-state index in [1.165, 1.54) is 4.90 Å². The van der Waals surface area contributed by atoms with Gasteiger partial charge < -0.3 is 9.64 Å². The standard InChI is InChI=1S/C22H22N2O3/c1-14-18-12-8-9-13-19(18)23-15(2)20(14)22(26)27-16(3)21(25)24(4)17-10-6-5-7-11-17/h5-13,16H,1-4H3/t16-/m0/s1. The number of nitrogens with zero attached hydrogens (tertiary/aromatic N) is 2. The Morgan fingerprint density at radius 2 is 1.63 bits per heavy atom. The van der Waals surface area contributed by atoms with Crippen molar-refractivity contribution in [3.05, 3.63) is 71.4 Å². The number of pyridine rings is 1. The molecule has 0 saturated carbocycles. The smallest absolute Gasteiger partial charge is 0.341 e. The number of hydrogen-bond donors (Lipinski definition) is 0. The number of likely N-dealkylation sites (N-methyl/N-ethyl adjacent to an activating group) is 1. The van der Waals surface area contributed by atoms with E-state index in [1.807, 2.05) is 61.5 Å². The summed E-state index contributed by atoms with van der Waals surface area (Å²) in [7, 11) is 1.66. The number of fused-ring (bicyclic) bond motifs is 1. The Kier molecular flexibility index (Phi) is 5.21. The predicted molar refractivity (Wildman–Crippen MR) is 106 cm³/mol. The van der Waals surface area contributed by atoms with E-state index in [0.29, 0.717) is 11.3 Å². The van der Waals surface area contributed by atoms with Gasteiger partial charge in [-0.1, -0.05) is 36.4 Å². The fourth-order valence-electron chi connectivity index (χ4n) is 3.15. The van der Waals surface area contributed by atoms with Crippen molar-refractivity contribution in [1.82, 2.24) is 4.98 Å². The van der Waals surface area contributed by atoms with Gasteiger partial charge in [0, 0.05) is 18.1 Å². The lowest BCUT2D eigenvalue weighted by Gasteiger charge is -2.22. The van der Waals surface area contributed by atoms with E-state index in [0.717, 1.165) is 22.2 Å². The van der Waals surface area contributed by atoms with Gasteiger partial charge in [0.05, 0.1) is 16.8 Å². The van der Waals surface area contributed by atoms with Gasteiger partial charge in [0.15, 0.2) is 6.10 Å². The summed E-state index contributed by atoms with van der Waals surface area (Å²) in [6.07, 6.45) is -0.909. The Hall–Kier alpha value is -3.21. The first-order chi connectivity index (χ1) is 12.9. The normalized spacial score (nSPS) is 11.9. The number of aryl methyl sites for hydroxylation is 2. The van der Waals surface area contributed by atoms with Gasteiger partial charge in [-0.15, -0.1) is 0 Å². The molecule has 5 nitrogen and oxygen atoms in total. The maximum Gasteiger partial charge on any atom is 0.341 e. The largest absolute Gasteiger partial charge is 0.449 e. The molecule has 0 saturated heterocycles. The molecule has 0 spiro atoms. The van der Waals surface area contributed by atoms with E-state index in [2.05, 4.69) is 4.98 Å². The van der Waals surface area contributed by atoms with Crippen LogP contribution in [0.4, 0.5) is 5.69 Å². The van der Waals surface area contributed by atoms with Crippen LogP contribution in [0, 0.1) is 13.8 Å². The minimum absolute atomic E-state index is 0.293. The molecule has 138 valence electrons. The quantitative estimate of drug-likeness (QED) is 0.657. The summed E-state index contributed by atoms with van der Waals surface area (Å²) in [6, 6.07) is 16.9. The number of anilines is 1. The minimum Gasteiger partial charge on any atom is -0.449 e. The van der Waals surface area contributed by atoms with Gasteiger partial charge in [-0.3, -0.25) is 9.78 Å². The van der Waals surface area contributed by atoms with Crippen molar-refractivity contribution < 1.29 is 14.3 Å². The number of para-hydroxylation sites is 2. The van der Waals surface area contributed by atoms with Crippen LogP contribution in [-0.4, -0.2) is 30.0 Å². The van der Waals surface area contributed by atoms with Crippen LogP contribution in [-0.2, 0) is 9.53 Å². The SMILES string of the molecule is Cc1nc2ccccc2c(C)c1C(=O)O[C@@H](C)C(=O)N(C)c1ccccc1. The van der Waals surface area contributed by atoms with Crippen LogP contribution in [0.3, 0.4) is 0 Å². The summed E-state index contributed by atoms with van der Waals surface area (Å²) in [6.45, 7) is 5.23. The third-order valence-electron chi connectivity index (χ3n) is 4.64. The highest BCUT2D eigenvalue weighted by Gasteiger charge is 2.25. The first kappa shape index (κ1) is 18.6. The molecule has 0 aliphatic heterocycles. The summed E-state index contributed by atoms with van der Waals surface area (Å²) in [5, 5.41) is 0.899. The number of carbonyl (C=O) groups is 2. The zero-order chi connectivity index (χ0) is 19.6. The molecule has 27 heavy (non-hydrogen) atoms. The van der Waals surface area contributed by atoms with Crippen LogP contribution < -0.4 is 4.90 Å². The fraction of sp³-hybridized carbons (Fsp3) is 0.227. The summed E-state index contributed by atoms with van der Waals surface area (Å²) >= 11 is 0. The lowest BCUT2D eigenvalue weighted by Crippen LogP contribution is -2.37. The summed E-state index contributed by atoms with van der Waals surface area (Å²) in [5.41, 5.74) is 3.38. The molecule has 3 aromatic rings. The highest BCUT2D eigenvalue weighted by molar-refractivity contribution is 6.01. The summed E-state index contributed by atoms with van der Waals surface area (Å²) < 4.78 is 5.48. The van der Waals surface area contributed by atoms with Crippen molar-refractivity contribution in [2.24, 2.45) is 0 Å². The molecule has 1 amide bonds. The van der Waals surface area contributed by atoms with Gasteiger partial charge in [-0.25, -0.2) is 4.79 Å². The topological polar surface area (TPSA) is 59.5 Å². The number of hydrogen-bond acceptors (Lipinski definition) is 4. The molecule has 1 atom stereocenters. The number of benzene rings is 2. The van der Waals surface area contributed by atoms with E-state index in [9.17, 15) is 9.59 Å². The van der Waals surface area contributed by atoms with Gasteiger partial charge in [-0.05, 0) is 44.5 Å². The predicted octanol–water partition coefficient (Wildman–Crippen LogP) is 4.06. The zero-order valence-electron chi connectivity index (χ0n) is 15.9. The Bertz CT molecular complexity index is 999. The molecular formula is C22H22N2O3. The number of carbonyl (C=O) groups excluding carboxylic acids is 2. The first-order valence-electron chi connectivity index (χ1n) is 8.79. The van der Waals surface area contributed by atoms with Gasteiger partial charge in [0.25, 0.3) is 5.91 Å². The number of aromatic nitrogens is 1. The molecule has 3 rings (SSSR count). The average Bonchev–Trinajstić information content (AvgIpc) is 2.67. The molecule has 0 unspecified atom stereocenters. The van der Waals surface area contributed by atoms with Crippen molar-refractivity contribution in [3.8, 4) is 0 Å². The number of ether oxygens (including phenoxy) is 1. The Morgan fingerprint density at radius 1 is 1.00 bits per heavy atom. The van der Waals surface area contributed by atoms with Gasteiger partial charge in [0.1, 0.15) is 0 Å². The number of rotatable bonds is 4. The fourth-order valence-corrected chi connectivity index (χ4v) is 3.15. The Morgan fingerprint density at radius 3 is 2.33 bits per heavy atom. The lowest BCUT2D eigenvalue weighted by molar-refractivity contribution is -0.126. The van der Waals surface area contributed by atoms with Gasteiger partial charge >= 0.3 is 5.97 Å². The second-order valence-electron chi connectivity index (χ2n) is 6.49. The van der Waals surface area contributed by atoms with Gasteiger partial charge in [0.2, 0.25) is 0 Å². The first-order valence-corrected chi connectivity index (χ1v) is 8.79. The molecule has 2 aromatic carbocycles. The van der Waals surface area contributed by atoms with E-state index in [4.69, 9.17) is 4.74 Å². The molecule has 0 aliphatic carbocycles. The Balaban J connectivity index is 1.83. The van der Waals surface area contributed by atoms with Crippen LogP contribution in [0.25, 0.3) is 10.9 Å². The van der Waals surface area contributed by atoms with Crippen LogP contribution in [0.2, 0.25) is 0 Å². The van der Waals surface area contributed by atoms with E-state index in [1.54, 1.807) is 20.9 Å². The lowest BCUT2D eigenvalue weighted by atomic mass is 10.0. The van der Waals surface area contributed by atoms with Crippen molar-refractivity contribution in [2.45, 2.75) is 26.9 Å². The molecule has 0 fully saturated rings. The van der Waals surface area contributed by atoms with E-state index < -0.39 is 12.1 Å². The second kappa shape index (κ2) is 7.58. The Labute approximate surface area is 158 Å². The van der Waals surface area contributed by atoms with Crippen LogP contribution in [0.1, 0.15) is 28.5 Å². The average molecular weight is 362 g/mol. The molecule has 5 heteroatoms. The maximum absolute atomic E-state index is 12.8. The molecule has 0 N–H and O–H groups in total. The molecular weight excluding hydrogens is 340 g/mol. The minimum atomic E-state index is -0.909. The van der Waals surface area contributed by atoms with E-state index in [-0.39, 0.29) is 5.91 Å². The monoisotopic (exact) mass is 362 g/mol. The van der Waals surface area contributed by atoms with Crippen LogP contribution in [0.15, 0.2) is 54.6 Å². The molecule has 0 bridgehead atoms.